The van der Waals surface area contributed by atoms with Crippen molar-refractivity contribution in [1.82, 2.24) is 10.5 Å². The summed E-state index contributed by atoms with van der Waals surface area (Å²) in [5.41, 5.74) is 1.02. The summed E-state index contributed by atoms with van der Waals surface area (Å²) in [7, 11) is 0. The summed E-state index contributed by atoms with van der Waals surface area (Å²) in [5, 5.41) is 8.73. The van der Waals surface area contributed by atoms with Crippen LogP contribution in [0.3, 0.4) is 0 Å². The minimum absolute atomic E-state index is 0.0455. The highest BCUT2D eigenvalue weighted by Gasteiger charge is 2.29. The quantitative estimate of drug-likeness (QED) is 0.724. The molecule has 2 amide bonds. The van der Waals surface area contributed by atoms with E-state index in [1.165, 1.54) is 24.3 Å². The largest absolute Gasteiger partial charge is 0.489 e. The lowest BCUT2D eigenvalue weighted by atomic mass is 10.1. The number of nitrogens with zero attached hydrogens (tertiary/aromatic N) is 1. The number of hydrogen-bond acceptors (Lipinski definition) is 5. The molecule has 1 aliphatic heterocycles. The Balaban J connectivity index is 1.43. The second kappa shape index (κ2) is 7.51. The Labute approximate surface area is 159 Å². The molecule has 2 aromatic carbocycles. The fourth-order valence-corrected chi connectivity index (χ4v) is 2.84. The molecule has 0 saturated carbocycles. The molecule has 4 rings (SSSR count). The first-order valence-electron chi connectivity index (χ1n) is 8.63. The lowest BCUT2D eigenvalue weighted by Crippen LogP contribution is -2.46. The Morgan fingerprint density at radius 2 is 2.04 bits per heavy atom. The van der Waals surface area contributed by atoms with Crippen LogP contribution in [0.2, 0.25) is 0 Å². The minimum Gasteiger partial charge on any atom is -0.489 e. The van der Waals surface area contributed by atoms with E-state index in [4.69, 9.17) is 9.26 Å². The molecule has 1 aromatic heterocycles. The van der Waals surface area contributed by atoms with Crippen LogP contribution in [0.15, 0.2) is 59.1 Å². The molecule has 0 fully saturated rings. The van der Waals surface area contributed by atoms with Crippen molar-refractivity contribution in [2.45, 2.75) is 12.5 Å². The van der Waals surface area contributed by atoms with Gasteiger partial charge in [0, 0.05) is 12.5 Å². The predicted octanol–water partition coefficient (Wildman–Crippen LogP) is 2.53. The standard InChI is InChI=1S/C20H16FN3O4/c21-14-7-4-8-17-18(14)23-20(26)16(11-27-17)22-19(25)15-10-13(28-24-15)9-12-5-2-1-3-6-12/h1-8,10,16H,9,11H2,(H,22,25)(H,23,26). The van der Waals surface area contributed by atoms with Crippen LogP contribution in [0.4, 0.5) is 10.1 Å². The molecular formula is C20H16FN3O4. The van der Waals surface area contributed by atoms with Crippen LogP contribution in [0, 0.1) is 5.82 Å². The molecule has 2 heterocycles. The maximum absolute atomic E-state index is 13.9. The van der Waals surface area contributed by atoms with Gasteiger partial charge in [-0.3, -0.25) is 9.59 Å². The van der Waals surface area contributed by atoms with E-state index < -0.39 is 23.7 Å². The Hall–Kier alpha value is -3.68. The molecule has 0 aliphatic carbocycles. The second-order valence-electron chi connectivity index (χ2n) is 6.28. The number of carbonyl (C=O) groups is 2. The number of fused-ring (bicyclic) bond motifs is 1. The number of para-hydroxylation sites is 1. The van der Waals surface area contributed by atoms with Crippen LogP contribution in [-0.4, -0.2) is 29.6 Å². The number of hydrogen-bond donors (Lipinski definition) is 2. The van der Waals surface area contributed by atoms with E-state index in [0.717, 1.165) is 5.56 Å². The molecule has 28 heavy (non-hydrogen) atoms. The maximum Gasteiger partial charge on any atom is 0.274 e. The summed E-state index contributed by atoms with van der Waals surface area (Å²) in [6.45, 7) is -0.136. The van der Waals surface area contributed by atoms with Crippen LogP contribution in [0.1, 0.15) is 21.8 Å². The average Bonchev–Trinajstić information content (AvgIpc) is 3.10. The summed E-state index contributed by atoms with van der Waals surface area (Å²) in [4.78, 5) is 24.8. The topological polar surface area (TPSA) is 93.5 Å². The highest BCUT2D eigenvalue weighted by Crippen LogP contribution is 2.29. The van der Waals surface area contributed by atoms with Gasteiger partial charge in [-0.15, -0.1) is 0 Å². The molecule has 0 saturated heterocycles. The normalized spacial score (nSPS) is 15.8. The van der Waals surface area contributed by atoms with Crippen molar-refractivity contribution < 1.29 is 23.2 Å². The number of benzene rings is 2. The molecule has 142 valence electrons. The van der Waals surface area contributed by atoms with Gasteiger partial charge in [0.25, 0.3) is 11.8 Å². The third-order valence-corrected chi connectivity index (χ3v) is 4.26. The Morgan fingerprint density at radius 1 is 1.21 bits per heavy atom. The number of carbonyl (C=O) groups excluding carboxylic acids is 2. The van der Waals surface area contributed by atoms with Gasteiger partial charge in [0.05, 0.1) is 0 Å². The van der Waals surface area contributed by atoms with E-state index >= 15 is 0 Å². The van der Waals surface area contributed by atoms with Crippen molar-refractivity contribution in [2.24, 2.45) is 0 Å². The molecule has 7 nitrogen and oxygen atoms in total. The molecule has 8 heteroatoms. The van der Waals surface area contributed by atoms with Gasteiger partial charge in [0.15, 0.2) is 11.5 Å². The van der Waals surface area contributed by atoms with Gasteiger partial charge in [0.1, 0.15) is 29.8 Å². The smallest absolute Gasteiger partial charge is 0.274 e. The van der Waals surface area contributed by atoms with Gasteiger partial charge in [-0.1, -0.05) is 41.6 Å². The lowest BCUT2D eigenvalue weighted by molar-refractivity contribution is -0.118. The van der Waals surface area contributed by atoms with Crippen LogP contribution < -0.4 is 15.4 Å². The molecule has 2 N–H and O–H groups in total. The van der Waals surface area contributed by atoms with E-state index in [9.17, 15) is 14.0 Å². The van der Waals surface area contributed by atoms with E-state index in [2.05, 4.69) is 15.8 Å². The van der Waals surface area contributed by atoms with Crippen LogP contribution in [0.5, 0.6) is 5.75 Å². The number of nitrogens with one attached hydrogen (secondary N) is 2. The van der Waals surface area contributed by atoms with E-state index in [1.807, 2.05) is 30.3 Å². The average molecular weight is 381 g/mol. The van der Waals surface area contributed by atoms with Crippen molar-refractivity contribution in [3.63, 3.8) is 0 Å². The van der Waals surface area contributed by atoms with Crippen molar-refractivity contribution in [2.75, 3.05) is 11.9 Å². The van der Waals surface area contributed by atoms with Gasteiger partial charge in [-0.25, -0.2) is 4.39 Å². The van der Waals surface area contributed by atoms with Gasteiger partial charge in [0.2, 0.25) is 0 Å². The summed E-state index contributed by atoms with van der Waals surface area (Å²) in [5.74, 6) is -1.05. The Morgan fingerprint density at radius 3 is 2.86 bits per heavy atom. The third kappa shape index (κ3) is 3.71. The first kappa shape index (κ1) is 17.7. The van der Waals surface area contributed by atoms with Crippen molar-refractivity contribution in [1.29, 1.82) is 0 Å². The SMILES string of the molecule is O=C(NC1COc2cccc(F)c2NC1=O)c1cc(Cc2ccccc2)on1. The summed E-state index contributed by atoms with van der Waals surface area (Å²) in [6, 6.07) is 14.3. The number of halogens is 1. The molecule has 0 radical (unpaired) electrons. The molecule has 3 aromatic rings. The Kier molecular flexibility index (Phi) is 4.76. The highest BCUT2D eigenvalue weighted by molar-refractivity contribution is 6.01. The lowest BCUT2D eigenvalue weighted by Gasteiger charge is -2.13. The summed E-state index contributed by atoms with van der Waals surface area (Å²) >= 11 is 0. The van der Waals surface area contributed by atoms with Crippen LogP contribution in [0.25, 0.3) is 0 Å². The Bertz CT molecular complexity index is 1020. The molecule has 1 atom stereocenters. The first-order chi connectivity index (χ1) is 13.6. The predicted molar refractivity (Wildman–Crippen MR) is 97.5 cm³/mol. The zero-order valence-corrected chi connectivity index (χ0v) is 14.6. The number of anilines is 1. The van der Waals surface area contributed by atoms with Crippen molar-refractivity contribution >= 4 is 17.5 Å². The van der Waals surface area contributed by atoms with E-state index in [0.29, 0.717) is 12.2 Å². The van der Waals surface area contributed by atoms with Crippen LogP contribution >= 0.6 is 0 Å². The number of ether oxygens (including phenoxy) is 1. The molecule has 0 spiro atoms. The van der Waals surface area contributed by atoms with Gasteiger partial charge < -0.3 is 19.9 Å². The fraction of sp³-hybridized carbons (Fsp3) is 0.150. The van der Waals surface area contributed by atoms with Crippen LogP contribution in [-0.2, 0) is 11.2 Å². The highest BCUT2D eigenvalue weighted by atomic mass is 19.1. The summed E-state index contributed by atoms with van der Waals surface area (Å²) in [6.07, 6.45) is 0.489. The van der Waals surface area contributed by atoms with Crippen molar-refractivity contribution in [3.05, 3.63) is 77.4 Å². The van der Waals surface area contributed by atoms with E-state index in [-0.39, 0.29) is 23.7 Å². The molecule has 1 unspecified atom stereocenters. The van der Waals surface area contributed by atoms with Gasteiger partial charge >= 0.3 is 0 Å². The molecule has 1 aliphatic rings. The monoisotopic (exact) mass is 381 g/mol. The number of rotatable bonds is 4. The fourth-order valence-electron chi connectivity index (χ4n) is 2.84. The second-order valence-corrected chi connectivity index (χ2v) is 6.28. The molecular weight excluding hydrogens is 365 g/mol. The third-order valence-electron chi connectivity index (χ3n) is 4.26. The van der Waals surface area contributed by atoms with Crippen molar-refractivity contribution in [3.8, 4) is 5.75 Å². The summed E-state index contributed by atoms with van der Waals surface area (Å²) < 4.78 is 24.5. The number of aromatic nitrogens is 1. The zero-order chi connectivity index (χ0) is 19.5. The zero-order valence-electron chi connectivity index (χ0n) is 14.6. The van der Waals surface area contributed by atoms with E-state index in [1.54, 1.807) is 0 Å². The first-order valence-corrected chi connectivity index (χ1v) is 8.63. The maximum atomic E-state index is 13.9. The van der Waals surface area contributed by atoms with Gasteiger partial charge in [-0.2, -0.15) is 0 Å². The number of amides is 2. The molecule has 0 bridgehead atoms. The van der Waals surface area contributed by atoms with Gasteiger partial charge in [-0.05, 0) is 17.7 Å². The minimum atomic E-state index is -1.01.